The molecule has 0 unspecified atom stereocenters. The lowest BCUT2D eigenvalue weighted by atomic mass is 10.1. The van der Waals surface area contributed by atoms with Crippen LogP contribution in [0.15, 0.2) is 24.3 Å². The summed E-state index contributed by atoms with van der Waals surface area (Å²) in [6.45, 7) is 4.45. The minimum absolute atomic E-state index is 0.281. The first-order chi connectivity index (χ1) is 11.8. The topological polar surface area (TPSA) is 74.4 Å². The fourth-order valence-electron chi connectivity index (χ4n) is 2.69. The maximum atomic E-state index is 12.5. The number of nitrogens with zero attached hydrogens (tertiary/aromatic N) is 1. The Morgan fingerprint density at radius 2 is 1.80 bits per heavy atom. The molecule has 0 aliphatic carbocycles. The lowest BCUT2D eigenvalue weighted by Gasteiger charge is -2.10. The van der Waals surface area contributed by atoms with E-state index in [0.717, 1.165) is 13.0 Å². The number of amides is 1. The van der Waals surface area contributed by atoms with Gasteiger partial charge in [-0.3, -0.25) is 4.79 Å². The zero-order chi connectivity index (χ0) is 18.6. The summed E-state index contributed by atoms with van der Waals surface area (Å²) in [6.07, 6.45) is 0.957. The molecule has 0 saturated carbocycles. The van der Waals surface area contributed by atoms with Gasteiger partial charge in [0.05, 0.1) is 12.7 Å². The second-order valence-corrected chi connectivity index (χ2v) is 6.32. The van der Waals surface area contributed by atoms with Gasteiger partial charge in [-0.15, -0.1) is 0 Å². The van der Waals surface area contributed by atoms with Gasteiger partial charge in [-0.25, -0.2) is 4.79 Å². The van der Waals surface area contributed by atoms with Crippen LogP contribution in [0, 0.1) is 13.8 Å². The van der Waals surface area contributed by atoms with E-state index in [1.54, 1.807) is 13.8 Å². The van der Waals surface area contributed by atoms with Crippen molar-refractivity contribution in [1.82, 2.24) is 9.88 Å². The molecule has 0 radical (unpaired) electrons. The number of ether oxygens (including phenoxy) is 1. The molecule has 2 aromatic rings. The molecule has 1 aromatic heterocycles. The molecule has 1 aromatic carbocycles. The van der Waals surface area contributed by atoms with E-state index in [1.807, 2.05) is 38.4 Å². The highest BCUT2D eigenvalue weighted by molar-refractivity contribution is 6.06. The zero-order valence-electron chi connectivity index (χ0n) is 15.4. The summed E-state index contributed by atoms with van der Waals surface area (Å²) in [6, 6.07) is 7.78. The number of H-pyrrole nitrogens is 1. The first-order valence-corrected chi connectivity index (χ1v) is 8.16. The number of hydrogen-bond acceptors (Lipinski definition) is 4. The highest BCUT2D eigenvalue weighted by Gasteiger charge is 2.22. The fourth-order valence-corrected chi connectivity index (χ4v) is 2.69. The average Bonchev–Trinajstić information content (AvgIpc) is 2.88. The Labute approximate surface area is 148 Å². The molecular formula is C19H25N3O3. The molecule has 1 heterocycles. The van der Waals surface area contributed by atoms with Crippen LogP contribution < -0.4 is 5.32 Å². The number of carbonyl (C=O) groups is 2. The van der Waals surface area contributed by atoms with E-state index in [4.69, 9.17) is 4.74 Å². The summed E-state index contributed by atoms with van der Waals surface area (Å²) in [4.78, 5) is 29.4. The molecule has 2 N–H and O–H groups in total. The molecule has 0 saturated heterocycles. The van der Waals surface area contributed by atoms with Crippen LogP contribution in [0.2, 0.25) is 0 Å². The number of carbonyl (C=O) groups excluding carboxylic acids is 2. The maximum absolute atomic E-state index is 12.5. The molecule has 6 nitrogen and oxygen atoms in total. The van der Waals surface area contributed by atoms with Gasteiger partial charge in [0, 0.05) is 17.9 Å². The van der Waals surface area contributed by atoms with Gasteiger partial charge in [-0.1, -0.05) is 12.1 Å². The quantitative estimate of drug-likeness (QED) is 0.791. The van der Waals surface area contributed by atoms with Gasteiger partial charge in [0.1, 0.15) is 5.69 Å². The normalized spacial score (nSPS) is 10.8. The van der Waals surface area contributed by atoms with Gasteiger partial charge < -0.3 is 19.9 Å². The smallest absolute Gasteiger partial charge is 0.339 e. The van der Waals surface area contributed by atoms with Gasteiger partial charge >= 0.3 is 5.97 Å². The molecular weight excluding hydrogens is 318 g/mol. The number of aromatic amines is 1. The Kier molecular flexibility index (Phi) is 5.98. The van der Waals surface area contributed by atoms with Gasteiger partial charge in [0.15, 0.2) is 0 Å². The lowest BCUT2D eigenvalue weighted by Crippen LogP contribution is -2.15. The van der Waals surface area contributed by atoms with Crippen LogP contribution in [0.25, 0.3) is 0 Å². The Bertz CT molecular complexity index is 761. The predicted molar refractivity (Wildman–Crippen MR) is 98.3 cm³/mol. The van der Waals surface area contributed by atoms with Crippen molar-refractivity contribution in [1.29, 1.82) is 0 Å². The average molecular weight is 343 g/mol. The summed E-state index contributed by atoms with van der Waals surface area (Å²) in [5, 5.41) is 2.86. The van der Waals surface area contributed by atoms with Crippen molar-refractivity contribution in [2.75, 3.05) is 33.1 Å². The number of methoxy groups -OCH3 is 1. The molecule has 1 amide bonds. The van der Waals surface area contributed by atoms with Gasteiger partial charge in [0.25, 0.3) is 5.91 Å². The Morgan fingerprint density at radius 1 is 1.16 bits per heavy atom. The number of likely N-dealkylation sites (N-methyl/N-ethyl adjacent to an activating group) is 1. The van der Waals surface area contributed by atoms with E-state index in [0.29, 0.717) is 28.2 Å². The fraction of sp³-hybridized carbons (Fsp3) is 0.368. The van der Waals surface area contributed by atoms with Crippen molar-refractivity contribution in [3.8, 4) is 0 Å². The number of esters is 1. The number of anilines is 1. The third kappa shape index (κ3) is 4.48. The van der Waals surface area contributed by atoms with Crippen molar-refractivity contribution in [2.24, 2.45) is 0 Å². The molecule has 0 fully saturated rings. The van der Waals surface area contributed by atoms with E-state index in [9.17, 15) is 9.59 Å². The third-order valence-corrected chi connectivity index (χ3v) is 4.11. The first-order valence-electron chi connectivity index (χ1n) is 8.16. The van der Waals surface area contributed by atoms with E-state index < -0.39 is 5.97 Å². The number of benzene rings is 1. The van der Waals surface area contributed by atoms with Crippen molar-refractivity contribution in [2.45, 2.75) is 20.3 Å². The molecule has 6 heteroatoms. The standard InChI is InChI=1S/C19H25N3O3/c1-12-16(19(24)25-5)13(2)20-17(12)18(23)21-15-8-6-14(7-9-15)10-11-22(3)4/h6-9,20H,10-11H2,1-5H3,(H,21,23). The Balaban J connectivity index is 2.11. The largest absolute Gasteiger partial charge is 0.465 e. The van der Waals surface area contributed by atoms with Gasteiger partial charge in [0.2, 0.25) is 0 Å². The van der Waals surface area contributed by atoms with Crippen LogP contribution in [-0.2, 0) is 11.2 Å². The second kappa shape index (κ2) is 7.98. The molecule has 0 atom stereocenters. The highest BCUT2D eigenvalue weighted by atomic mass is 16.5. The number of aryl methyl sites for hydroxylation is 1. The molecule has 134 valence electrons. The molecule has 0 bridgehead atoms. The van der Waals surface area contributed by atoms with Gasteiger partial charge in [-0.2, -0.15) is 0 Å². The maximum Gasteiger partial charge on any atom is 0.339 e. The SMILES string of the molecule is COC(=O)c1c(C)[nH]c(C(=O)Nc2ccc(CCN(C)C)cc2)c1C. The van der Waals surface area contributed by atoms with E-state index in [2.05, 4.69) is 15.2 Å². The molecule has 0 aliphatic heterocycles. The molecule has 2 rings (SSSR count). The van der Waals surface area contributed by atoms with Crippen molar-refractivity contribution in [3.63, 3.8) is 0 Å². The van der Waals surface area contributed by atoms with Crippen molar-refractivity contribution in [3.05, 3.63) is 52.3 Å². The van der Waals surface area contributed by atoms with Crippen molar-refractivity contribution >= 4 is 17.6 Å². The van der Waals surface area contributed by atoms with E-state index >= 15 is 0 Å². The number of hydrogen-bond donors (Lipinski definition) is 2. The highest BCUT2D eigenvalue weighted by Crippen LogP contribution is 2.20. The lowest BCUT2D eigenvalue weighted by molar-refractivity contribution is 0.0599. The predicted octanol–water partition coefficient (Wildman–Crippen LogP) is 2.77. The summed E-state index contributed by atoms with van der Waals surface area (Å²) in [5.41, 5.74) is 3.91. The molecule has 0 aliphatic rings. The number of nitrogens with one attached hydrogen (secondary N) is 2. The summed E-state index contributed by atoms with van der Waals surface area (Å²) >= 11 is 0. The monoisotopic (exact) mass is 343 g/mol. The van der Waals surface area contributed by atoms with Crippen LogP contribution >= 0.6 is 0 Å². The van der Waals surface area contributed by atoms with Crippen LogP contribution in [0.3, 0.4) is 0 Å². The zero-order valence-corrected chi connectivity index (χ0v) is 15.4. The first kappa shape index (κ1) is 18.7. The second-order valence-electron chi connectivity index (χ2n) is 6.32. The van der Waals surface area contributed by atoms with E-state index in [-0.39, 0.29) is 5.91 Å². The van der Waals surface area contributed by atoms with Crippen LogP contribution in [0.1, 0.15) is 37.7 Å². The minimum Gasteiger partial charge on any atom is -0.465 e. The minimum atomic E-state index is -0.449. The van der Waals surface area contributed by atoms with Crippen LogP contribution in [0.5, 0.6) is 0 Å². The Morgan fingerprint density at radius 3 is 2.36 bits per heavy atom. The molecule has 0 spiro atoms. The summed E-state index contributed by atoms with van der Waals surface area (Å²) < 4.78 is 4.77. The number of rotatable bonds is 6. The summed E-state index contributed by atoms with van der Waals surface area (Å²) in [5.74, 6) is -0.729. The summed E-state index contributed by atoms with van der Waals surface area (Å²) in [7, 11) is 5.40. The number of aromatic nitrogens is 1. The van der Waals surface area contributed by atoms with Crippen LogP contribution in [-0.4, -0.2) is 49.5 Å². The van der Waals surface area contributed by atoms with Crippen LogP contribution in [0.4, 0.5) is 5.69 Å². The third-order valence-electron chi connectivity index (χ3n) is 4.11. The molecule has 25 heavy (non-hydrogen) atoms. The van der Waals surface area contributed by atoms with E-state index in [1.165, 1.54) is 12.7 Å². The Hall–Kier alpha value is -2.60. The van der Waals surface area contributed by atoms with Crippen molar-refractivity contribution < 1.29 is 14.3 Å². The van der Waals surface area contributed by atoms with Gasteiger partial charge in [-0.05, 0) is 57.6 Å².